The Morgan fingerprint density at radius 3 is 2.68 bits per heavy atom. The standard InChI is InChI=1S/C24H21Cl2N3O3S2/c1-12-2-5-17-19(8-12)34-23(21(17)22(27)31)29-24(33)28-20(30)7-4-16-3-6-18(32-16)13-9-14(25)11-15(26)10-13/h3-4,6-7,9-12H,2,5,8H2,1H3,(H2,27,31)(H2,28,29,30,33)/b7-4+. The van der Waals surface area contributed by atoms with Gasteiger partial charge in [0, 0.05) is 26.6 Å². The first kappa shape index (κ1) is 24.5. The van der Waals surface area contributed by atoms with E-state index in [1.807, 2.05) is 0 Å². The van der Waals surface area contributed by atoms with E-state index in [2.05, 4.69) is 17.6 Å². The van der Waals surface area contributed by atoms with Crippen LogP contribution in [0, 0.1) is 5.92 Å². The SMILES string of the molecule is CC1CCc2c(sc(NC(=S)NC(=O)/C=C/c3ccc(-c4cc(Cl)cc(Cl)c4)o3)c2C(N)=O)C1. The number of fused-ring (bicyclic) bond motifs is 1. The van der Waals surface area contributed by atoms with Crippen molar-refractivity contribution in [2.75, 3.05) is 5.32 Å². The first-order valence-corrected chi connectivity index (χ1v) is 12.5. The Hall–Kier alpha value is -2.65. The van der Waals surface area contributed by atoms with Crippen molar-refractivity contribution < 1.29 is 14.0 Å². The molecule has 176 valence electrons. The summed E-state index contributed by atoms with van der Waals surface area (Å²) in [6, 6.07) is 8.59. The molecule has 0 saturated heterocycles. The summed E-state index contributed by atoms with van der Waals surface area (Å²) >= 11 is 18.8. The van der Waals surface area contributed by atoms with E-state index in [4.69, 9.17) is 45.6 Å². The van der Waals surface area contributed by atoms with Gasteiger partial charge in [0.25, 0.3) is 5.91 Å². The third-order valence-corrected chi connectivity index (χ3v) is 7.21. The van der Waals surface area contributed by atoms with Crippen molar-refractivity contribution in [2.45, 2.75) is 26.2 Å². The number of hydrogen-bond acceptors (Lipinski definition) is 5. The van der Waals surface area contributed by atoms with Crippen LogP contribution in [0.15, 0.2) is 40.8 Å². The highest BCUT2D eigenvalue weighted by Crippen LogP contribution is 2.39. The van der Waals surface area contributed by atoms with Crippen LogP contribution in [-0.2, 0) is 17.6 Å². The summed E-state index contributed by atoms with van der Waals surface area (Å²) in [6.45, 7) is 2.18. The van der Waals surface area contributed by atoms with Crippen LogP contribution in [0.2, 0.25) is 10.0 Å². The predicted molar refractivity (Wildman–Crippen MR) is 142 cm³/mol. The van der Waals surface area contributed by atoms with E-state index in [0.717, 1.165) is 35.3 Å². The number of thiocarbonyl (C=S) groups is 1. The summed E-state index contributed by atoms with van der Waals surface area (Å²) < 4.78 is 5.75. The average Bonchev–Trinajstić information content (AvgIpc) is 3.35. The number of benzene rings is 1. The van der Waals surface area contributed by atoms with Crippen molar-refractivity contribution in [3.05, 3.63) is 68.2 Å². The van der Waals surface area contributed by atoms with Crippen LogP contribution in [0.4, 0.5) is 5.00 Å². The third kappa shape index (κ3) is 5.70. The number of thiophene rings is 1. The van der Waals surface area contributed by atoms with Gasteiger partial charge in [0.05, 0.1) is 5.56 Å². The number of anilines is 1. The Labute approximate surface area is 216 Å². The zero-order chi connectivity index (χ0) is 24.4. The van der Waals surface area contributed by atoms with Crippen LogP contribution in [0.3, 0.4) is 0 Å². The molecule has 4 rings (SSSR count). The second-order valence-corrected chi connectivity index (χ2v) is 10.4. The highest BCUT2D eigenvalue weighted by atomic mass is 35.5. The van der Waals surface area contributed by atoms with Crippen LogP contribution >= 0.6 is 46.8 Å². The quantitative estimate of drug-likeness (QED) is 0.273. The van der Waals surface area contributed by atoms with Gasteiger partial charge in [-0.05, 0) is 79.4 Å². The van der Waals surface area contributed by atoms with Crippen LogP contribution in [0.5, 0.6) is 0 Å². The van der Waals surface area contributed by atoms with E-state index in [1.165, 1.54) is 23.5 Å². The van der Waals surface area contributed by atoms with E-state index in [-0.39, 0.29) is 5.11 Å². The second-order valence-electron chi connectivity index (χ2n) is 8.06. The zero-order valence-corrected chi connectivity index (χ0v) is 21.3. The molecular weight excluding hydrogens is 513 g/mol. The van der Waals surface area contributed by atoms with Gasteiger partial charge in [-0.3, -0.25) is 14.9 Å². The van der Waals surface area contributed by atoms with Crippen molar-refractivity contribution in [1.82, 2.24) is 5.32 Å². The van der Waals surface area contributed by atoms with Crippen molar-refractivity contribution >= 4 is 74.8 Å². The number of furan rings is 1. The van der Waals surface area contributed by atoms with Gasteiger partial charge in [-0.25, -0.2) is 0 Å². The molecule has 3 aromatic rings. The van der Waals surface area contributed by atoms with Crippen molar-refractivity contribution in [2.24, 2.45) is 11.7 Å². The molecular formula is C24H21Cl2N3O3S2. The van der Waals surface area contributed by atoms with E-state index in [0.29, 0.717) is 38.0 Å². The molecule has 0 radical (unpaired) electrons. The fraction of sp³-hybridized carbons (Fsp3) is 0.208. The monoisotopic (exact) mass is 533 g/mol. The van der Waals surface area contributed by atoms with Crippen molar-refractivity contribution in [3.8, 4) is 11.3 Å². The average molecular weight is 534 g/mol. The Kier molecular flexibility index (Phi) is 7.42. The molecule has 1 aliphatic carbocycles. The van der Waals surface area contributed by atoms with Crippen molar-refractivity contribution in [3.63, 3.8) is 0 Å². The summed E-state index contributed by atoms with van der Waals surface area (Å²) in [4.78, 5) is 25.6. The van der Waals surface area contributed by atoms with Gasteiger partial charge in [-0.15, -0.1) is 11.3 Å². The number of rotatable bonds is 5. The minimum atomic E-state index is -0.502. The molecule has 0 saturated carbocycles. The smallest absolute Gasteiger partial charge is 0.251 e. The largest absolute Gasteiger partial charge is 0.457 e. The molecule has 34 heavy (non-hydrogen) atoms. The lowest BCUT2D eigenvalue weighted by molar-refractivity contribution is -0.115. The lowest BCUT2D eigenvalue weighted by atomic mass is 9.88. The number of halogens is 2. The van der Waals surface area contributed by atoms with Gasteiger partial charge < -0.3 is 15.5 Å². The minimum absolute atomic E-state index is 0.0810. The normalized spacial score (nSPS) is 15.2. The number of primary amides is 1. The molecule has 1 unspecified atom stereocenters. The molecule has 2 amide bonds. The zero-order valence-electron chi connectivity index (χ0n) is 18.1. The topological polar surface area (TPSA) is 97.4 Å². The fourth-order valence-electron chi connectivity index (χ4n) is 3.84. The number of nitrogens with two attached hydrogens (primary N) is 1. The van der Waals surface area contributed by atoms with E-state index in [1.54, 1.807) is 30.3 Å². The number of nitrogens with one attached hydrogen (secondary N) is 2. The number of carbonyl (C=O) groups is 2. The van der Waals surface area contributed by atoms with E-state index >= 15 is 0 Å². The molecule has 1 aromatic carbocycles. The molecule has 10 heteroatoms. The van der Waals surface area contributed by atoms with Gasteiger partial charge in [0.15, 0.2) is 5.11 Å². The molecule has 2 heterocycles. The first-order valence-electron chi connectivity index (χ1n) is 10.5. The molecule has 1 atom stereocenters. The van der Waals surface area contributed by atoms with Gasteiger partial charge >= 0.3 is 0 Å². The molecule has 0 fully saturated rings. The predicted octanol–water partition coefficient (Wildman–Crippen LogP) is 6.07. The van der Waals surface area contributed by atoms with E-state index < -0.39 is 11.8 Å². The Morgan fingerprint density at radius 1 is 1.24 bits per heavy atom. The first-order chi connectivity index (χ1) is 16.2. The van der Waals surface area contributed by atoms with Crippen LogP contribution in [0.1, 0.15) is 39.9 Å². The highest BCUT2D eigenvalue weighted by Gasteiger charge is 2.26. The molecule has 0 aliphatic heterocycles. The summed E-state index contributed by atoms with van der Waals surface area (Å²) in [5, 5.41) is 7.19. The van der Waals surface area contributed by atoms with Crippen LogP contribution < -0.4 is 16.4 Å². The van der Waals surface area contributed by atoms with Gasteiger partial charge in [0.1, 0.15) is 16.5 Å². The molecule has 1 aliphatic rings. The summed E-state index contributed by atoms with van der Waals surface area (Å²) in [5.74, 6) is 0.636. The molecule has 0 spiro atoms. The summed E-state index contributed by atoms with van der Waals surface area (Å²) in [7, 11) is 0. The number of amides is 2. The van der Waals surface area contributed by atoms with Gasteiger partial charge in [-0.1, -0.05) is 30.1 Å². The maximum atomic E-state index is 12.3. The highest BCUT2D eigenvalue weighted by molar-refractivity contribution is 7.80. The molecule has 2 aromatic heterocycles. The summed E-state index contributed by atoms with van der Waals surface area (Å²) in [5.41, 5.74) is 7.80. The lowest BCUT2D eigenvalue weighted by Crippen LogP contribution is -2.33. The Bertz CT molecular complexity index is 1290. The maximum absolute atomic E-state index is 12.3. The number of hydrogen-bond donors (Lipinski definition) is 3. The maximum Gasteiger partial charge on any atom is 0.251 e. The molecule has 0 bridgehead atoms. The fourth-order valence-corrected chi connectivity index (χ4v) is 6.05. The Morgan fingerprint density at radius 2 is 1.97 bits per heavy atom. The third-order valence-electron chi connectivity index (χ3n) is 5.39. The Balaban J connectivity index is 1.40. The molecule has 6 nitrogen and oxygen atoms in total. The van der Waals surface area contributed by atoms with Gasteiger partial charge in [0.2, 0.25) is 5.91 Å². The van der Waals surface area contributed by atoms with Crippen LogP contribution in [0.25, 0.3) is 17.4 Å². The summed E-state index contributed by atoms with van der Waals surface area (Å²) in [6.07, 6.45) is 5.54. The van der Waals surface area contributed by atoms with E-state index in [9.17, 15) is 9.59 Å². The number of carbonyl (C=O) groups excluding carboxylic acids is 2. The van der Waals surface area contributed by atoms with Crippen molar-refractivity contribution in [1.29, 1.82) is 0 Å². The van der Waals surface area contributed by atoms with Crippen LogP contribution in [-0.4, -0.2) is 16.9 Å². The minimum Gasteiger partial charge on any atom is -0.457 e. The lowest BCUT2D eigenvalue weighted by Gasteiger charge is -2.18. The second kappa shape index (κ2) is 10.3. The molecule has 4 N–H and O–H groups in total. The van der Waals surface area contributed by atoms with Gasteiger partial charge in [-0.2, -0.15) is 0 Å².